The topological polar surface area (TPSA) is 48.9 Å². The molecule has 29 heavy (non-hydrogen) atoms. The molecule has 3 rings (SSSR count). The second kappa shape index (κ2) is 11.2. The predicted molar refractivity (Wildman–Crippen MR) is 121 cm³/mol. The Bertz CT molecular complexity index is 832. The average molecular weight is 435 g/mol. The van der Waals surface area contributed by atoms with E-state index in [0.717, 1.165) is 29.8 Å². The quantitative estimate of drug-likeness (QED) is 0.354. The zero-order valence-corrected chi connectivity index (χ0v) is 18.6. The van der Waals surface area contributed by atoms with Crippen molar-refractivity contribution in [2.45, 2.75) is 17.7 Å². The van der Waals surface area contributed by atoms with Crippen LogP contribution in [-0.4, -0.2) is 54.4 Å². The summed E-state index contributed by atoms with van der Waals surface area (Å²) in [6, 6.07) is 13.5. The lowest BCUT2D eigenvalue weighted by Gasteiger charge is -2.29. The number of hydrogen-bond acceptors (Lipinski definition) is 6. The summed E-state index contributed by atoms with van der Waals surface area (Å²) in [7, 11) is 5.98. The Kier molecular flexibility index (Phi) is 8.98. The molecular formula is C21H27ClN4O2S. The molecule has 1 aliphatic heterocycles. The van der Waals surface area contributed by atoms with Crippen molar-refractivity contribution in [3.63, 3.8) is 0 Å². The van der Waals surface area contributed by atoms with Crippen LogP contribution in [0, 0.1) is 0 Å². The third-order valence-corrected chi connectivity index (χ3v) is 5.31. The van der Waals surface area contributed by atoms with Crippen molar-refractivity contribution in [3.05, 3.63) is 59.9 Å². The van der Waals surface area contributed by atoms with E-state index in [-0.39, 0.29) is 18.3 Å². The Morgan fingerprint density at radius 1 is 1.14 bits per heavy atom. The maximum atomic E-state index is 13.3. The van der Waals surface area contributed by atoms with Crippen LogP contribution in [-0.2, 0) is 9.63 Å². The molecule has 1 amide bonds. The Labute approximate surface area is 183 Å². The molecule has 2 aromatic rings. The van der Waals surface area contributed by atoms with Gasteiger partial charge in [0.25, 0.3) is 0 Å². The molecule has 0 saturated carbocycles. The highest BCUT2D eigenvalue weighted by Crippen LogP contribution is 2.35. The number of nitrogens with zero attached hydrogens (tertiary/aromatic N) is 4. The maximum Gasteiger partial charge on any atom is 0.300 e. The minimum atomic E-state index is -0.226. The van der Waals surface area contributed by atoms with Gasteiger partial charge < -0.3 is 9.21 Å². The zero-order valence-electron chi connectivity index (χ0n) is 16.9. The van der Waals surface area contributed by atoms with Gasteiger partial charge >= 0.3 is 5.91 Å². The molecule has 0 saturated heterocycles. The van der Waals surface area contributed by atoms with E-state index in [1.807, 2.05) is 67.9 Å². The average Bonchev–Trinajstić information content (AvgIpc) is 2.70. The maximum absolute atomic E-state index is 13.3. The number of benzene rings is 1. The van der Waals surface area contributed by atoms with Crippen molar-refractivity contribution in [1.29, 1.82) is 0 Å². The fourth-order valence-corrected chi connectivity index (χ4v) is 3.70. The number of halogens is 1. The molecule has 0 aliphatic carbocycles. The number of unbranched alkanes of at least 4 members (excludes halogenated alkanes) is 1. The molecule has 6 nitrogen and oxygen atoms in total. The van der Waals surface area contributed by atoms with Gasteiger partial charge in [0.2, 0.25) is 0 Å². The molecule has 1 aliphatic rings. The highest BCUT2D eigenvalue weighted by molar-refractivity contribution is 7.97. The lowest BCUT2D eigenvalue weighted by atomic mass is 10.2. The minimum absolute atomic E-state index is 0. The lowest BCUT2D eigenvalue weighted by molar-refractivity contribution is -0.123. The number of likely N-dealkylation sites (N-methyl/N-ethyl adjacent to an activating group) is 1. The molecule has 0 atom stereocenters. The summed E-state index contributed by atoms with van der Waals surface area (Å²) in [6.45, 7) is 1.44. The Morgan fingerprint density at radius 3 is 2.62 bits per heavy atom. The number of hydrogen-bond donors (Lipinski definition) is 0. The molecule has 1 aromatic carbocycles. The van der Waals surface area contributed by atoms with Crippen LogP contribution < -0.4 is 5.06 Å². The smallest absolute Gasteiger partial charge is 0.300 e. The van der Waals surface area contributed by atoms with E-state index in [0.29, 0.717) is 18.1 Å². The SMILES string of the molecule is CN(C)CCCCON(C(=O)C1=Cc2ccccc2SN1C)c1ccccn1.Cl. The van der Waals surface area contributed by atoms with E-state index in [4.69, 9.17) is 4.84 Å². The first-order chi connectivity index (χ1) is 13.6. The fourth-order valence-electron chi connectivity index (χ4n) is 2.81. The van der Waals surface area contributed by atoms with Crippen LogP contribution in [0.2, 0.25) is 0 Å². The molecule has 156 valence electrons. The first kappa shape index (κ1) is 23.2. The van der Waals surface area contributed by atoms with Gasteiger partial charge in [-0.25, -0.2) is 4.98 Å². The molecule has 2 heterocycles. The summed E-state index contributed by atoms with van der Waals surface area (Å²) in [4.78, 5) is 26.8. The second-order valence-corrected chi connectivity index (χ2v) is 7.96. The van der Waals surface area contributed by atoms with Crippen LogP contribution in [0.15, 0.2) is 59.3 Å². The summed E-state index contributed by atoms with van der Waals surface area (Å²) < 4.78 is 1.87. The van der Waals surface area contributed by atoms with Crippen LogP contribution in [0.4, 0.5) is 5.82 Å². The molecule has 0 fully saturated rings. The number of hydroxylamine groups is 1. The second-order valence-electron chi connectivity index (χ2n) is 6.79. The van der Waals surface area contributed by atoms with Gasteiger partial charge in [0.15, 0.2) is 5.82 Å². The minimum Gasteiger partial charge on any atom is -0.310 e. The number of fused-ring (bicyclic) bond motifs is 1. The number of aromatic nitrogens is 1. The third-order valence-electron chi connectivity index (χ3n) is 4.27. The largest absolute Gasteiger partial charge is 0.310 e. The zero-order chi connectivity index (χ0) is 19.9. The third kappa shape index (κ3) is 6.21. The number of amides is 1. The molecular weight excluding hydrogens is 408 g/mol. The van der Waals surface area contributed by atoms with Crippen molar-refractivity contribution in [1.82, 2.24) is 14.2 Å². The Balaban J connectivity index is 0.00000300. The van der Waals surface area contributed by atoms with E-state index in [1.165, 1.54) is 17.0 Å². The van der Waals surface area contributed by atoms with Crippen molar-refractivity contribution in [2.75, 3.05) is 39.4 Å². The standard InChI is InChI=1S/C21H26N4O2S.ClH/c1-23(2)14-8-9-15-27-25(20-12-6-7-13-22-20)21(26)18-16-17-10-4-5-11-19(17)28-24(18)3;/h4-7,10-13,16H,8-9,14-15H2,1-3H3;1H. The van der Waals surface area contributed by atoms with Crippen LogP contribution in [0.25, 0.3) is 6.08 Å². The summed E-state index contributed by atoms with van der Waals surface area (Å²) in [5, 5.41) is 1.31. The van der Waals surface area contributed by atoms with Crippen molar-refractivity contribution >= 4 is 42.2 Å². The van der Waals surface area contributed by atoms with E-state index < -0.39 is 0 Å². The van der Waals surface area contributed by atoms with Crippen LogP contribution in [0.5, 0.6) is 0 Å². The van der Waals surface area contributed by atoms with Gasteiger partial charge in [0, 0.05) is 18.1 Å². The summed E-state index contributed by atoms with van der Waals surface area (Å²) in [5.74, 6) is 0.258. The number of anilines is 1. The van der Waals surface area contributed by atoms with Crippen LogP contribution in [0.3, 0.4) is 0 Å². The number of carbonyl (C=O) groups is 1. The highest BCUT2D eigenvalue weighted by atomic mass is 35.5. The number of carbonyl (C=O) groups excluding carboxylic acids is 1. The summed E-state index contributed by atoms with van der Waals surface area (Å²) in [6.07, 6.45) is 5.43. The van der Waals surface area contributed by atoms with Gasteiger partial charge in [0.1, 0.15) is 5.70 Å². The Morgan fingerprint density at radius 2 is 1.90 bits per heavy atom. The van der Waals surface area contributed by atoms with Gasteiger partial charge in [-0.05, 0) is 75.3 Å². The van der Waals surface area contributed by atoms with Gasteiger partial charge in [-0.2, -0.15) is 5.06 Å². The van der Waals surface area contributed by atoms with E-state index >= 15 is 0 Å². The normalized spacial score (nSPS) is 12.8. The highest BCUT2D eigenvalue weighted by Gasteiger charge is 2.28. The van der Waals surface area contributed by atoms with Crippen LogP contribution in [0.1, 0.15) is 18.4 Å². The first-order valence-electron chi connectivity index (χ1n) is 9.32. The molecule has 0 N–H and O–H groups in total. The lowest BCUT2D eigenvalue weighted by Crippen LogP contribution is -2.37. The number of rotatable bonds is 8. The monoisotopic (exact) mass is 434 g/mol. The van der Waals surface area contributed by atoms with Crippen LogP contribution >= 0.6 is 24.4 Å². The molecule has 0 unspecified atom stereocenters. The molecule has 0 spiro atoms. The van der Waals surface area contributed by atoms with Crippen molar-refractivity contribution < 1.29 is 9.63 Å². The molecule has 1 aromatic heterocycles. The molecule has 0 bridgehead atoms. The van der Waals surface area contributed by atoms with Crippen molar-refractivity contribution in [2.24, 2.45) is 0 Å². The first-order valence-corrected chi connectivity index (χ1v) is 10.1. The van der Waals surface area contributed by atoms with E-state index in [1.54, 1.807) is 12.3 Å². The molecule has 8 heteroatoms. The van der Waals surface area contributed by atoms with Crippen molar-refractivity contribution in [3.8, 4) is 0 Å². The summed E-state index contributed by atoms with van der Waals surface area (Å²) in [5.41, 5.74) is 1.59. The molecule has 0 radical (unpaired) electrons. The summed E-state index contributed by atoms with van der Waals surface area (Å²) >= 11 is 1.53. The van der Waals surface area contributed by atoms with Gasteiger partial charge in [-0.1, -0.05) is 24.3 Å². The van der Waals surface area contributed by atoms with E-state index in [2.05, 4.69) is 9.88 Å². The van der Waals surface area contributed by atoms with Gasteiger partial charge in [-0.3, -0.25) is 9.63 Å². The Hall–Kier alpha value is -2.06. The van der Waals surface area contributed by atoms with E-state index in [9.17, 15) is 4.79 Å². The predicted octanol–water partition coefficient (Wildman–Crippen LogP) is 4.10. The van der Waals surface area contributed by atoms with Gasteiger partial charge in [-0.15, -0.1) is 12.4 Å². The van der Waals surface area contributed by atoms with Gasteiger partial charge in [0.05, 0.1) is 6.61 Å². The fraction of sp³-hybridized carbons (Fsp3) is 0.333. The number of pyridine rings is 1.